The maximum Gasteiger partial charge on any atom is 0.139 e. The van der Waals surface area contributed by atoms with Crippen molar-refractivity contribution in [3.63, 3.8) is 0 Å². The molecule has 156 valence electrons. The third kappa shape index (κ3) is 4.25. The Morgan fingerprint density at radius 3 is 2.52 bits per heavy atom. The zero-order valence-corrected chi connectivity index (χ0v) is 19.2. The molecule has 1 saturated heterocycles. The Labute approximate surface area is 180 Å². The first-order valence-corrected chi connectivity index (χ1v) is 12.4. The van der Waals surface area contributed by atoms with Crippen LogP contribution in [0.15, 0.2) is 39.0 Å². The van der Waals surface area contributed by atoms with Crippen molar-refractivity contribution < 1.29 is 9.00 Å². The highest BCUT2D eigenvalue weighted by Gasteiger charge is 2.31. The van der Waals surface area contributed by atoms with Crippen LogP contribution in [0.4, 0.5) is 0 Å². The van der Waals surface area contributed by atoms with Crippen LogP contribution < -0.4 is 0 Å². The highest BCUT2D eigenvalue weighted by atomic mass is 32.2. The fourth-order valence-corrected chi connectivity index (χ4v) is 6.87. The zero-order valence-electron chi connectivity index (χ0n) is 17.6. The summed E-state index contributed by atoms with van der Waals surface area (Å²) in [5.41, 5.74) is 4.23. The number of fused-ring (bicyclic) bond motifs is 1. The highest BCUT2D eigenvalue weighted by Crippen LogP contribution is 2.44. The van der Waals surface area contributed by atoms with E-state index in [9.17, 15) is 9.00 Å². The Bertz CT molecular complexity index is 925. The summed E-state index contributed by atoms with van der Waals surface area (Å²) in [6, 6.07) is 8.19. The van der Waals surface area contributed by atoms with Crippen molar-refractivity contribution in [3.8, 4) is 0 Å². The molecular formula is C23H30N2O2S2. The number of hydrogen-bond acceptors (Lipinski definition) is 3. The van der Waals surface area contributed by atoms with Gasteiger partial charge in [0.15, 0.2) is 0 Å². The third-order valence-corrected chi connectivity index (χ3v) is 8.94. The van der Waals surface area contributed by atoms with Crippen molar-refractivity contribution in [1.82, 2.24) is 8.87 Å². The second-order valence-electron chi connectivity index (χ2n) is 8.92. The van der Waals surface area contributed by atoms with Gasteiger partial charge in [-0.05, 0) is 74.3 Å². The number of carbonyl (C=O) groups is 1. The van der Waals surface area contributed by atoms with E-state index in [2.05, 4.69) is 41.8 Å². The van der Waals surface area contributed by atoms with E-state index in [4.69, 9.17) is 0 Å². The molecule has 0 amide bonds. The molecule has 1 atom stereocenters. The smallest absolute Gasteiger partial charge is 0.139 e. The second kappa shape index (κ2) is 8.40. The van der Waals surface area contributed by atoms with Gasteiger partial charge in [-0.15, -0.1) is 0 Å². The standard InChI is InChI=1S/C23H30N2O2S2/c1-17-22(20-16-23(2,3)11-10-21(20)25(17)14-15-26)28-18-6-8-19(9-7-18)29(27)24-12-4-5-13-24/h6-9,15H,4-5,10-14,16H2,1-3H3. The summed E-state index contributed by atoms with van der Waals surface area (Å²) in [6.45, 7) is 9.08. The fraction of sp³-hybridized carbons (Fsp3) is 0.522. The molecule has 2 aliphatic rings. The summed E-state index contributed by atoms with van der Waals surface area (Å²) >= 11 is 1.78. The molecule has 1 aromatic carbocycles. The zero-order chi connectivity index (χ0) is 20.6. The van der Waals surface area contributed by atoms with Crippen LogP contribution in [0.25, 0.3) is 0 Å². The molecule has 6 heteroatoms. The Morgan fingerprint density at radius 1 is 1.17 bits per heavy atom. The van der Waals surface area contributed by atoms with Crippen LogP contribution in [0.1, 0.15) is 50.1 Å². The summed E-state index contributed by atoms with van der Waals surface area (Å²) in [6.07, 6.45) is 6.52. The summed E-state index contributed by atoms with van der Waals surface area (Å²) in [5.74, 6) is 0. The Hall–Kier alpha value is -1.37. The van der Waals surface area contributed by atoms with E-state index in [1.807, 2.05) is 12.1 Å². The lowest BCUT2D eigenvalue weighted by Gasteiger charge is -2.30. The molecule has 4 nitrogen and oxygen atoms in total. The lowest BCUT2D eigenvalue weighted by Crippen LogP contribution is -2.23. The first-order valence-electron chi connectivity index (χ1n) is 10.5. The molecule has 0 N–H and O–H groups in total. The van der Waals surface area contributed by atoms with Crippen LogP contribution in [0.3, 0.4) is 0 Å². The van der Waals surface area contributed by atoms with Gasteiger partial charge >= 0.3 is 0 Å². The molecule has 2 aromatic rings. The fourth-order valence-electron chi connectivity index (χ4n) is 4.53. The van der Waals surface area contributed by atoms with Gasteiger partial charge in [-0.1, -0.05) is 25.6 Å². The summed E-state index contributed by atoms with van der Waals surface area (Å²) in [7, 11) is -1.05. The molecule has 1 fully saturated rings. The van der Waals surface area contributed by atoms with Crippen LogP contribution in [0, 0.1) is 12.3 Å². The van der Waals surface area contributed by atoms with Gasteiger partial charge in [0, 0.05) is 34.3 Å². The van der Waals surface area contributed by atoms with E-state index in [1.54, 1.807) is 11.8 Å². The number of carbonyl (C=O) groups excluding carboxylic acids is 1. The van der Waals surface area contributed by atoms with Crippen LogP contribution in [-0.2, 0) is 35.2 Å². The number of nitrogens with zero attached hydrogens (tertiary/aromatic N) is 2. The summed E-state index contributed by atoms with van der Waals surface area (Å²) in [5, 5.41) is 0. The molecule has 0 spiro atoms. The maximum atomic E-state index is 12.7. The quantitative estimate of drug-likeness (QED) is 0.620. The first-order chi connectivity index (χ1) is 13.9. The predicted molar refractivity (Wildman–Crippen MR) is 119 cm³/mol. The molecule has 2 heterocycles. The molecule has 4 rings (SSSR count). The normalized spacial score (nSPS) is 19.8. The van der Waals surface area contributed by atoms with E-state index in [0.29, 0.717) is 12.0 Å². The van der Waals surface area contributed by atoms with E-state index < -0.39 is 11.0 Å². The summed E-state index contributed by atoms with van der Waals surface area (Å²) < 4.78 is 17.0. The molecule has 1 aliphatic heterocycles. The average molecular weight is 431 g/mol. The van der Waals surface area contributed by atoms with Gasteiger partial charge < -0.3 is 9.36 Å². The Kier molecular flexibility index (Phi) is 6.05. The van der Waals surface area contributed by atoms with Crippen molar-refractivity contribution in [1.29, 1.82) is 0 Å². The Morgan fingerprint density at radius 2 is 1.86 bits per heavy atom. The minimum Gasteiger partial charge on any atom is -0.340 e. The minimum atomic E-state index is -1.05. The molecule has 29 heavy (non-hydrogen) atoms. The number of rotatable bonds is 6. The summed E-state index contributed by atoms with van der Waals surface area (Å²) in [4.78, 5) is 14.6. The largest absolute Gasteiger partial charge is 0.340 e. The number of aromatic nitrogens is 1. The molecule has 1 aromatic heterocycles. The average Bonchev–Trinajstić information content (AvgIpc) is 3.31. The molecule has 0 saturated carbocycles. The van der Waals surface area contributed by atoms with Crippen LogP contribution >= 0.6 is 11.8 Å². The van der Waals surface area contributed by atoms with Gasteiger partial charge in [0.25, 0.3) is 0 Å². The monoisotopic (exact) mass is 430 g/mol. The van der Waals surface area contributed by atoms with Gasteiger partial charge in [-0.25, -0.2) is 8.51 Å². The van der Waals surface area contributed by atoms with E-state index in [-0.39, 0.29) is 0 Å². The Balaban J connectivity index is 1.60. The third-order valence-electron chi connectivity index (χ3n) is 6.18. The SMILES string of the molecule is Cc1c(Sc2ccc(S(=O)N3CCCC3)cc2)c2c(n1CC=O)CCC(C)(C)C2. The lowest BCUT2D eigenvalue weighted by molar-refractivity contribution is -0.108. The lowest BCUT2D eigenvalue weighted by atomic mass is 9.76. The number of aldehydes is 1. The van der Waals surface area contributed by atoms with Crippen molar-refractivity contribution >= 4 is 29.0 Å². The predicted octanol–water partition coefficient (Wildman–Crippen LogP) is 4.78. The molecule has 0 bridgehead atoms. The van der Waals surface area contributed by atoms with Crippen LogP contribution in [0.5, 0.6) is 0 Å². The highest BCUT2D eigenvalue weighted by molar-refractivity contribution is 7.99. The van der Waals surface area contributed by atoms with Crippen LogP contribution in [0.2, 0.25) is 0 Å². The van der Waals surface area contributed by atoms with Crippen molar-refractivity contribution in [3.05, 3.63) is 41.2 Å². The van der Waals surface area contributed by atoms with Crippen molar-refractivity contribution in [2.45, 2.75) is 74.1 Å². The van der Waals surface area contributed by atoms with Crippen molar-refractivity contribution in [2.75, 3.05) is 13.1 Å². The number of hydrogen-bond donors (Lipinski definition) is 0. The number of benzene rings is 1. The second-order valence-corrected chi connectivity index (χ2v) is 11.5. The topological polar surface area (TPSA) is 42.3 Å². The van der Waals surface area contributed by atoms with Gasteiger partial charge in [-0.2, -0.15) is 0 Å². The first kappa shape index (κ1) is 20.9. The van der Waals surface area contributed by atoms with Gasteiger partial charge in [-0.3, -0.25) is 0 Å². The molecule has 1 unspecified atom stereocenters. The molecule has 1 aliphatic carbocycles. The van der Waals surface area contributed by atoms with Crippen LogP contribution in [-0.4, -0.2) is 32.5 Å². The minimum absolute atomic E-state index is 0.290. The molecular weight excluding hydrogens is 400 g/mol. The van der Waals surface area contributed by atoms with Gasteiger partial charge in [0.1, 0.15) is 17.3 Å². The van der Waals surface area contributed by atoms with Gasteiger partial charge in [0.2, 0.25) is 0 Å². The van der Waals surface area contributed by atoms with Gasteiger partial charge in [0.05, 0.1) is 11.4 Å². The van der Waals surface area contributed by atoms with E-state index >= 15 is 0 Å². The van der Waals surface area contributed by atoms with Crippen molar-refractivity contribution in [2.24, 2.45) is 5.41 Å². The maximum absolute atomic E-state index is 12.7. The van der Waals surface area contributed by atoms with E-state index in [0.717, 1.165) is 61.3 Å². The van der Waals surface area contributed by atoms with E-state index in [1.165, 1.54) is 21.8 Å². The molecule has 0 radical (unpaired) electrons.